The van der Waals surface area contributed by atoms with Crippen LogP contribution in [-0.4, -0.2) is 35.1 Å². The molecule has 3 amide bonds. The Labute approximate surface area is 119 Å². The summed E-state index contributed by atoms with van der Waals surface area (Å²) in [4.78, 5) is 33.2. The Balaban J connectivity index is 4.18. The molecule has 0 spiro atoms. The lowest BCUT2D eigenvalue weighted by atomic mass is 10.0. The molecule has 0 aromatic rings. The summed E-state index contributed by atoms with van der Waals surface area (Å²) < 4.78 is 0. The van der Waals surface area contributed by atoms with E-state index in [2.05, 4.69) is 24.5 Å². The molecular formula is C13H25N3O4. The van der Waals surface area contributed by atoms with Gasteiger partial charge in [-0.15, -0.1) is 0 Å². The van der Waals surface area contributed by atoms with E-state index >= 15 is 0 Å². The maximum atomic E-state index is 11.7. The maximum absolute atomic E-state index is 11.7. The van der Waals surface area contributed by atoms with Crippen molar-refractivity contribution in [1.82, 2.24) is 10.6 Å². The predicted molar refractivity (Wildman–Crippen MR) is 75.1 cm³/mol. The minimum absolute atomic E-state index is 0.0154. The second-order valence-corrected chi connectivity index (χ2v) is 5.39. The number of primary amides is 1. The number of carbonyl (C=O) groups excluding carboxylic acids is 2. The third kappa shape index (κ3) is 9.18. The van der Waals surface area contributed by atoms with E-state index in [0.29, 0.717) is 5.92 Å². The molecule has 0 radical (unpaired) electrons. The van der Waals surface area contributed by atoms with Crippen molar-refractivity contribution in [1.29, 1.82) is 0 Å². The summed E-state index contributed by atoms with van der Waals surface area (Å²) in [5.41, 5.74) is 4.96. The number of nitrogens with two attached hydrogens (primary N) is 1. The first kappa shape index (κ1) is 18.2. The molecule has 0 bridgehead atoms. The van der Waals surface area contributed by atoms with E-state index in [1.165, 1.54) is 0 Å². The summed E-state index contributed by atoms with van der Waals surface area (Å²) in [5, 5.41) is 14.0. The van der Waals surface area contributed by atoms with E-state index in [1.54, 1.807) is 0 Å². The van der Waals surface area contributed by atoms with Crippen LogP contribution in [0.2, 0.25) is 0 Å². The van der Waals surface area contributed by atoms with E-state index in [1.807, 2.05) is 6.92 Å². The summed E-state index contributed by atoms with van der Waals surface area (Å²) in [5.74, 6) is -1.23. The Kier molecular flexibility index (Phi) is 8.35. The van der Waals surface area contributed by atoms with Crippen molar-refractivity contribution >= 4 is 17.9 Å². The van der Waals surface area contributed by atoms with E-state index in [4.69, 9.17) is 10.8 Å². The first-order valence-corrected chi connectivity index (χ1v) is 6.80. The van der Waals surface area contributed by atoms with Gasteiger partial charge in [0.05, 0.1) is 0 Å². The molecule has 0 aromatic heterocycles. The van der Waals surface area contributed by atoms with Gasteiger partial charge in [-0.25, -0.2) is 9.59 Å². The van der Waals surface area contributed by atoms with Crippen molar-refractivity contribution < 1.29 is 19.5 Å². The fraction of sp³-hybridized carbons (Fsp3) is 0.769. The van der Waals surface area contributed by atoms with Gasteiger partial charge in [-0.2, -0.15) is 0 Å². The summed E-state index contributed by atoms with van der Waals surface area (Å²) >= 11 is 0. The topological polar surface area (TPSA) is 122 Å². The largest absolute Gasteiger partial charge is 0.480 e. The van der Waals surface area contributed by atoms with Crippen LogP contribution >= 0.6 is 0 Å². The number of hydrogen-bond donors (Lipinski definition) is 4. The summed E-state index contributed by atoms with van der Waals surface area (Å²) in [6.45, 7) is 6.05. The quantitative estimate of drug-likeness (QED) is 0.501. The van der Waals surface area contributed by atoms with Gasteiger partial charge >= 0.3 is 12.0 Å². The molecule has 116 valence electrons. The van der Waals surface area contributed by atoms with Gasteiger partial charge in [-0.05, 0) is 32.1 Å². The van der Waals surface area contributed by atoms with Crippen molar-refractivity contribution in [2.75, 3.05) is 0 Å². The van der Waals surface area contributed by atoms with E-state index in [9.17, 15) is 14.4 Å². The summed E-state index contributed by atoms with van der Waals surface area (Å²) in [6, 6.07) is -1.69. The Bertz CT molecular complexity index is 345. The smallest absolute Gasteiger partial charge is 0.326 e. The van der Waals surface area contributed by atoms with Gasteiger partial charge in [-0.1, -0.05) is 13.8 Å². The monoisotopic (exact) mass is 287 g/mol. The molecular weight excluding hydrogens is 262 g/mol. The number of hydrogen-bond acceptors (Lipinski definition) is 3. The van der Waals surface area contributed by atoms with Crippen LogP contribution in [-0.2, 0) is 9.59 Å². The zero-order valence-electron chi connectivity index (χ0n) is 12.3. The Morgan fingerprint density at radius 1 is 1.05 bits per heavy atom. The molecule has 0 aromatic carbocycles. The van der Waals surface area contributed by atoms with Gasteiger partial charge in [0.25, 0.3) is 0 Å². The lowest BCUT2D eigenvalue weighted by molar-refractivity contribution is -0.139. The number of aliphatic carboxylic acids is 1. The number of urea groups is 1. The number of carbonyl (C=O) groups is 3. The Hall–Kier alpha value is -1.79. The molecule has 0 aliphatic carbocycles. The lowest BCUT2D eigenvalue weighted by Crippen LogP contribution is -2.48. The van der Waals surface area contributed by atoms with Gasteiger partial charge in [0.1, 0.15) is 6.04 Å². The average molecular weight is 287 g/mol. The molecule has 7 heteroatoms. The predicted octanol–water partition coefficient (Wildman–Crippen LogP) is 0.829. The van der Waals surface area contributed by atoms with E-state index in [0.717, 1.165) is 12.8 Å². The third-order valence-electron chi connectivity index (χ3n) is 2.84. The van der Waals surface area contributed by atoms with Crippen LogP contribution in [0.15, 0.2) is 0 Å². The van der Waals surface area contributed by atoms with Gasteiger partial charge in [0.15, 0.2) is 0 Å². The van der Waals surface area contributed by atoms with Crippen molar-refractivity contribution in [3.63, 3.8) is 0 Å². The van der Waals surface area contributed by atoms with Gasteiger partial charge in [-0.3, -0.25) is 4.79 Å². The van der Waals surface area contributed by atoms with Crippen molar-refractivity contribution in [2.45, 2.75) is 58.5 Å². The maximum Gasteiger partial charge on any atom is 0.326 e. The number of carboxylic acid groups (broad SMARTS) is 1. The highest BCUT2D eigenvalue weighted by Crippen LogP contribution is 2.06. The normalized spacial score (nSPS) is 13.6. The minimum atomic E-state index is -1.18. The van der Waals surface area contributed by atoms with Crippen molar-refractivity contribution in [3.05, 3.63) is 0 Å². The average Bonchev–Trinajstić information content (AvgIpc) is 2.31. The molecule has 20 heavy (non-hydrogen) atoms. The second-order valence-electron chi connectivity index (χ2n) is 5.39. The standard InChI is InChI=1S/C13H25N3O4/c1-8(2)4-5-9(3)15-13(20)16-10(12(18)19)6-7-11(14)17/h8-10H,4-7H2,1-3H3,(H2,14,17)(H,18,19)(H2,15,16,20). The third-order valence-corrected chi connectivity index (χ3v) is 2.84. The molecule has 0 heterocycles. The molecule has 5 N–H and O–H groups in total. The molecule has 0 saturated carbocycles. The van der Waals surface area contributed by atoms with Crippen LogP contribution in [0.1, 0.15) is 46.5 Å². The molecule has 2 unspecified atom stereocenters. The van der Waals surface area contributed by atoms with E-state index < -0.39 is 23.9 Å². The van der Waals surface area contributed by atoms with Crippen molar-refractivity contribution in [3.8, 4) is 0 Å². The van der Waals surface area contributed by atoms with Crippen LogP contribution in [0.25, 0.3) is 0 Å². The Morgan fingerprint density at radius 3 is 2.10 bits per heavy atom. The van der Waals surface area contributed by atoms with Crippen LogP contribution in [0.3, 0.4) is 0 Å². The molecule has 0 aliphatic heterocycles. The van der Waals surface area contributed by atoms with Crippen molar-refractivity contribution in [2.24, 2.45) is 11.7 Å². The highest BCUT2D eigenvalue weighted by Gasteiger charge is 2.21. The SMILES string of the molecule is CC(C)CCC(C)NC(=O)NC(CCC(N)=O)C(=O)O. The van der Waals surface area contributed by atoms with Crippen LogP contribution < -0.4 is 16.4 Å². The molecule has 0 fully saturated rings. The van der Waals surface area contributed by atoms with Gasteiger partial charge in [0, 0.05) is 12.5 Å². The zero-order valence-corrected chi connectivity index (χ0v) is 12.3. The summed E-state index contributed by atoms with van der Waals surface area (Å²) in [7, 11) is 0. The molecule has 0 rings (SSSR count). The van der Waals surface area contributed by atoms with E-state index in [-0.39, 0.29) is 18.9 Å². The minimum Gasteiger partial charge on any atom is -0.480 e. The first-order chi connectivity index (χ1) is 9.22. The molecule has 0 saturated heterocycles. The number of rotatable bonds is 9. The zero-order chi connectivity index (χ0) is 15.7. The number of nitrogens with one attached hydrogen (secondary N) is 2. The second kappa shape index (κ2) is 9.17. The van der Waals surface area contributed by atoms with Crippen LogP contribution in [0.5, 0.6) is 0 Å². The molecule has 0 aliphatic rings. The molecule has 2 atom stereocenters. The van der Waals surface area contributed by atoms with Crippen LogP contribution in [0, 0.1) is 5.92 Å². The highest BCUT2D eigenvalue weighted by atomic mass is 16.4. The lowest BCUT2D eigenvalue weighted by Gasteiger charge is -2.18. The fourth-order valence-corrected chi connectivity index (χ4v) is 1.62. The number of carboxylic acids is 1. The van der Waals surface area contributed by atoms with Crippen LogP contribution in [0.4, 0.5) is 4.79 Å². The first-order valence-electron chi connectivity index (χ1n) is 6.80. The molecule has 7 nitrogen and oxygen atoms in total. The fourth-order valence-electron chi connectivity index (χ4n) is 1.62. The highest BCUT2D eigenvalue weighted by molar-refractivity contribution is 5.83. The van der Waals surface area contributed by atoms with Gasteiger partial charge < -0.3 is 21.5 Å². The number of amides is 3. The van der Waals surface area contributed by atoms with Gasteiger partial charge in [0.2, 0.25) is 5.91 Å². The Morgan fingerprint density at radius 2 is 1.65 bits per heavy atom. The summed E-state index contributed by atoms with van der Waals surface area (Å²) in [6.07, 6.45) is 1.70.